The Kier molecular flexibility index (Phi) is 6.11. The molecule has 1 rings (SSSR count). The third kappa shape index (κ3) is 4.64. The summed E-state index contributed by atoms with van der Waals surface area (Å²) in [6.45, 7) is 3.68. The molecule has 5 nitrogen and oxygen atoms in total. The van der Waals surface area contributed by atoms with Gasteiger partial charge in [0.1, 0.15) is 0 Å². The maximum atomic E-state index is 11.8. The van der Waals surface area contributed by atoms with Crippen LogP contribution in [0.25, 0.3) is 0 Å². The summed E-state index contributed by atoms with van der Waals surface area (Å²) in [6, 6.07) is 6.67. The first-order chi connectivity index (χ1) is 8.60. The monoisotopic (exact) mass is 272 g/mol. The molecule has 0 aromatic heterocycles. The maximum Gasteiger partial charge on any atom is 0.240 e. The van der Waals surface area contributed by atoms with E-state index < -0.39 is 10.0 Å². The standard InChI is InChI=1S/C12H20N2O3S/c1-3-8-14-18(15,16)12-6-4-11(5-7-12)13-9-10-17-2/h4-7,13-14H,3,8-10H2,1-2H3. The highest BCUT2D eigenvalue weighted by Crippen LogP contribution is 2.13. The van der Waals surface area contributed by atoms with E-state index in [4.69, 9.17) is 4.74 Å². The molecule has 2 N–H and O–H groups in total. The van der Waals surface area contributed by atoms with Crippen LogP contribution in [0.1, 0.15) is 13.3 Å². The highest BCUT2D eigenvalue weighted by atomic mass is 32.2. The molecule has 0 bridgehead atoms. The molecular formula is C12H20N2O3S. The summed E-state index contributed by atoms with van der Waals surface area (Å²) in [6.07, 6.45) is 0.774. The van der Waals surface area contributed by atoms with Crippen LogP contribution in [0.15, 0.2) is 29.2 Å². The predicted molar refractivity (Wildman–Crippen MR) is 72.3 cm³/mol. The number of nitrogens with one attached hydrogen (secondary N) is 2. The fraction of sp³-hybridized carbons (Fsp3) is 0.500. The van der Waals surface area contributed by atoms with Gasteiger partial charge < -0.3 is 10.1 Å². The summed E-state index contributed by atoms with van der Waals surface area (Å²) >= 11 is 0. The zero-order chi connectivity index (χ0) is 13.4. The minimum Gasteiger partial charge on any atom is -0.383 e. The quantitative estimate of drug-likeness (QED) is 0.703. The fourth-order valence-corrected chi connectivity index (χ4v) is 2.50. The maximum absolute atomic E-state index is 11.8. The molecule has 0 radical (unpaired) electrons. The number of methoxy groups -OCH3 is 1. The van der Waals surface area contributed by atoms with Crippen molar-refractivity contribution in [3.63, 3.8) is 0 Å². The van der Waals surface area contributed by atoms with Crippen molar-refractivity contribution in [2.24, 2.45) is 0 Å². The van der Waals surface area contributed by atoms with Crippen molar-refractivity contribution >= 4 is 15.7 Å². The van der Waals surface area contributed by atoms with E-state index in [0.29, 0.717) is 19.7 Å². The van der Waals surface area contributed by atoms with E-state index >= 15 is 0 Å². The summed E-state index contributed by atoms with van der Waals surface area (Å²) in [5.41, 5.74) is 0.876. The third-order valence-corrected chi connectivity index (χ3v) is 3.82. The average molecular weight is 272 g/mol. The number of hydrogen-bond acceptors (Lipinski definition) is 4. The highest BCUT2D eigenvalue weighted by molar-refractivity contribution is 7.89. The van der Waals surface area contributed by atoms with Gasteiger partial charge in [-0.25, -0.2) is 13.1 Å². The molecule has 0 amide bonds. The van der Waals surface area contributed by atoms with Gasteiger partial charge in [-0.3, -0.25) is 0 Å². The molecule has 0 fully saturated rings. The number of anilines is 1. The summed E-state index contributed by atoms with van der Waals surface area (Å²) in [5, 5.41) is 3.13. The molecule has 102 valence electrons. The van der Waals surface area contributed by atoms with Crippen LogP contribution in [0, 0.1) is 0 Å². The molecule has 1 aromatic carbocycles. The van der Waals surface area contributed by atoms with Gasteiger partial charge in [0.15, 0.2) is 0 Å². The number of ether oxygens (including phenoxy) is 1. The topological polar surface area (TPSA) is 67.4 Å². The minimum atomic E-state index is -3.37. The van der Waals surface area contributed by atoms with Crippen LogP contribution >= 0.6 is 0 Å². The Bertz CT molecular complexity index is 443. The van der Waals surface area contributed by atoms with Gasteiger partial charge in [-0.2, -0.15) is 0 Å². The Morgan fingerprint density at radius 2 is 1.83 bits per heavy atom. The summed E-state index contributed by atoms with van der Waals surface area (Å²) in [4.78, 5) is 0.285. The van der Waals surface area contributed by atoms with Crippen LogP contribution < -0.4 is 10.0 Å². The van der Waals surface area contributed by atoms with Gasteiger partial charge in [0, 0.05) is 25.9 Å². The van der Waals surface area contributed by atoms with Crippen molar-refractivity contribution in [2.75, 3.05) is 32.1 Å². The van der Waals surface area contributed by atoms with Gasteiger partial charge in [-0.05, 0) is 30.7 Å². The van der Waals surface area contributed by atoms with E-state index in [1.807, 2.05) is 6.92 Å². The smallest absolute Gasteiger partial charge is 0.240 e. The number of hydrogen-bond donors (Lipinski definition) is 2. The van der Waals surface area contributed by atoms with E-state index in [9.17, 15) is 8.42 Å². The Labute approximate surface area is 109 Å². The van der Waals surface area contributed by atoms with Gasteiger partial charge in [0.05, 0.1) is 11.5 Å². The molecule has 0 saturated heterocycles. The van der Waals surface area contributed by atoms with Crippen molar-refractivity contribution in [1.29, 1.82) is 0 Å². The van der Waals surface area contributed by atoms with Crippen molar-refractivity contribution in [1.82, 2.24) is 4.72 Å². The second-order valence-corrected chi connectivity index (χ2v) is 5.61. The minimum absolute atomic E-state index is 0.285. The average Bonchev–Trinajstić information content (AvgIpc) is 2.37. The molecule has 0 aliphatic carbocycles. The van der Waals surface area contributed by atoms with Crippen molar-refractivity contribution < 1.29 is 13.2 Å². The second-order valence-electron chi connectivity index (χ2n) is 3.84. The lowest BCUT2D eigenvalue weighted by molar-refractivity contribution is 0.211. The van der Waals surface area contributed by atoms with Crippen LogP contribution in [0.2, 0.25) is 0 Å². The lowest BCUT2D eigenvalue weighted by Crippen LogP contribution is -2.24. The Hall–Kier alpha value is -1.11. The summed E-state index contributed by atoms with van der Waals surface area (Å²) in [7, 11) is -1.73. The van der Waals surface area contributed by atoms with E-state index in [-0.39, 0.29) is 4.90 Å². The van der Waals surface area contributed by atoms with Crippen LogP contribution in [0.3, 0.4) is 0 Å². The third-order valence-electron chi connectivity index (χ3n) is 2.34. The lowest BCUT2D eigenvalue weighted by atomic mass is 10.3. The van der Waals surface area contributed by atoms with E-state index in [0.717, 1.165) is 12.1 Å². The fourth-order valence-electron chi connectivity index (χ4n) is 1.37. The van der Waals surface area contributed by atoms with Crippen molar-refractivity contribution in [3.05, 3.63) is 24.3 Å². The molecule has 6 heteroatoms. The van der Waals surface area contributed by atoms with Crippen molar-refractivity contribution in [3.8, 4) is 0 Å². The molecule has 0 unspecified atom stereocenters. The number of benzene rings is 1. The highest BCUT2D eigenvalue weighted by Gasteiger charge is 2.12. The first-order valence-corrected chi connectivity index (χ1v) is 7.41. The molecule has 1 aromatic rings. The van der Waals surface area contributed by atoms with Gasteiger partial charge in [-0.15, -0.1) is 0 Å². The molecule has 0 aliphatic rings. The van der Waals surface area contributed by atoms with E-state index in [1.54, 1.807) is 31.4 Å². The van der Waals surface area contributed by atoms with Gasteiger partial charge >= 0.3 is 0 Å². The molecule has 18 heavy (non-hydrogen) atoms. The molecule has 0 aliphatic heterocycles. The first kappa shape index (κ1) is 14.9. The molecule has 0 spiro atoms. The SMILES string of the molecule is CCCNS(=O)(=O)c1ccc(NCCOC)cc1. The van der Waals surface area contributed by atoms with Crippen LogP contribution in [-0.2, 0) is 14.8 Å². The predicted octanol–water partition coefficient (Wildman–Crippen LogP) is 1.43. The summed E-state index contributed by atoms with van der Waals surface area (Å²) in [5.74, 6) is 0. The van der Waals surface area contributed by atoms with Crippen molar-refractivity contribution in [2.45, 2.75) is 18.2 Å². The van der Waals surface area contributed by atoms with Gasteiger partial charge in [-0.1, -0.05) is 6.92 Å². The Morgan fingerprint density at radius 3 is 2.39 bits per heavy atom. The normalized spacial score (nSPS) is 11.4. The zero-order valence-electron chi connectivity index (χ0n) is 10.8. The zero-order valence-corrected chi connectivity index (χ0v) is 11.6. The van der Waals surface area contributed by atoms with Crippen LogP contribution in [0.5, 0.6) is 0 Å². The lowest BCUT2D eigenvalue weighted by Gasteiger charge is -2.08. The molecule has 0 heterocycles. The second kappa shape index (κ2) is 7.35. The van der Waals surface area contributed by atoms with Gasteiger partial charge in [0.25, 0.3) is 0 Å². The van der Waals surface area contributed by atoms with E-state index in [1.165, 1.54) is 0 Å². The van der Waals surface area contributed by atoms with Gasteiger partial charge in [0.2, 0.25) is 10.0 Å². The molecular weight excluding hydrogens is 252 g/mol. The largest absolute Gasteiger partial charge is 0.383 e. The Balaban J connectivity index is 2.64. The van der Waals surface area contributed by atoms with E-state index in [2.05, 4.69) is 10.0 Å². The number of sulfonamides is 1. The first-order valence-electron chi connectivity index (χ1n) is 5.92. The Morgan fingerprint density at radius 1 is 1.17 bits per heavy atom. The van der Waals surface area contributed by atoms with Crippen LogP contribution in [-0.4, -0.2) is 35.2 Å². The number of rotatable bonds is 8. The molecule has 0 atom stereocenters. The summed E-state index contributed by atoms with van der Waals surface area (Å²) < 4.78 is 31.1. The van der Waals surface area contributed by atoms with Crippen LogP contribution in [0.4, 0.5) is 5.69 Å². The molecule has 0 saturated carbocycles.